The van der Waals surface area contributed by atoms with Gasteiger partial charge < -0.3 is 4.90 Å². The lowest BCUT2D eigenvalue weighted by atomic mass is 10.0. The summed E-state index contributed by atoms with van der Waals surface area (Å²) in [6.07, 6.45) is 3.39. The number of carbonyl (C=O) groups excluding carboxylic acids is 1. The van der Waals surface area contributed by atoms with Crippen LogP contribution in [0.3, 0.4) is 0 Å². The number of nitrogens with one attached hydrogen (secondary N) is 1. The Kier molecular flexibility index (Phi) is 4.68. The van der Waals surface area contributed by atoms with Gasteiger partial charge in [-0.3, -0.25) is 19.8 Å². The van der Waals surface area contributed by atoms with Gasteiger partial charge in [0.1, 0.15) is 11.5 Å². The first-order chi connectivity index (χ1) is 13.1. The molecule has 1 aliphatic rings. The van der Waals surface area contributed by atoms with Crippen LogP contribution in [0.25, 0.3) is 11.3 Å². The summed E-state index contributed by atoms with van der Waals surface area (Å²) in [5.74, 6) is -0.326. The second-order valence-corrected chi connectivity index (χ2v) is 6.71. The summed E-state index contributed by atoms with van der Waals surface area (Å²) in [4.78, 5) is 21.2. The van der Waals surface area contributed by atoms with Crippen LogP contribution in [-0.4, -0.2) is 57.6 Å². The van der Waals surface area contributed by atoms with E-state index in [0.29, 0.717) is 18.8 Å². The monoisotopic (exact) mass is 365 g/mol. The molecule has 27 heavy (non-hydrogen) atoms. The first-order valence-electron chi connectivity index (χ1n) is 8.82. The molecular formula is C20H20FN5O. The van der Waals surface area contributed by atoms with Gasteiger partial charge in [-0.05, 0) is 36.9 Å². The van der Waals surface area contributed by atoms with Crippen molar-refractivity contribution >= 4 is 5.91 Å². The van der Waals surface area contributed by atoms with Crippen molar-refractivity contribution in [3.8, 4) is 11.3 Å². The fraction of sp³-hybridized carbons (Fsp3) is 0.250. The molecule has 0 aliphatic carbocycles. The summed E-state index contributed by atoms with van der Waals surface area (Å²) < 4.78 is 13.4. The second-order valence-electron chi connectivity index (χ2n) is 6.71. The van der Waals surface area contributed by atoms with Gasteiger partial charge in [-0.25, -0.2) is 4.39 Å². The SMILES string of the molecule is CN1CCN(C(=O)c2ccn[nH]2)CC1c1ccc(-c2cccc(F)c2)nc1. The maximum atomic E-state index is 13.4. The van der Waals surface area contributed by atoms with Crippen molar-refractivity contribution in [1.29, 1.82) is 0 Å². The molecule has 1 fully saturated rings. The zero-order valence-corrected chi connectivity index (χ0v) is 15.0. The number of benzene rings is 1. The van der Waals surface area contributed by atoms with E-state index in [1.165, 1.54) is 12.1 Å². The van der Waals surface area contributed by atoms with Gasteiger partial charge in [0.25, 0.3) is 5.91 Å². The molecule has 2 aromatic heterocycles. The van der Waals surface area contributed by atoms with E-state index >= 15 is 0 Å². The largest absolute Gasteiger partial charge is 0.334 e. The molecule has 0 saturated carbocycles. The fourth-order valence-electron chi connectivity index (χ4n) is 3.38. The van der Waals surface area contributed by atoms with Crippen molar-refractivity contribution in [2.75, 3.05) is 26.7 Å². The van der Waals surface area contributed by atoms with Gasteiger partial charge >= 0.3 is 0 Å². The molecule has 1 saturated heterocycles. The van der Waals surface area contributed by atoms with Gasteiger partial charge in [0.15, 0.2) is 0 Å². The maximum Gasteiger partial charge on any atom is 0.271 e. The van der Waals surface area contributed by atoms with Gasteiger partial charge in [0.05, 0.1) is 11.7 Å². The average molecular weight is 365 g/mol. The summed E-state index contributed by atoms with van der Waals surface area (Å²) in [7, 11) is 2.04. The van der Waals surface area contributed by atoms with Crippen LogP contribution in [0.1, 0.15) is 22.1 Å². The van der Waals surface area contributed by atoms with Crippen molar-refractivity contribution in [3.05, 3.63) is 71.9 Å². The number of hydrogen-bond acceptors (Lipinski definition) is 4. The molecule has 3 heterocycles. The van der Waals surface area contributed by atoms with Crippen LogP contribution in [0.4, 0.5) is 4.39 Å². The van der Waals surface area contributed by atoms with Gasteiger partial charge in [0.2, 0.25) is 0 Å². The topological polar surface area (TPSA) is 65.1 Å². The second kappa shape index (κ2) is 7.28. The van der Waals surface area contributed by atoms with Crippen LogP contribution in [0.15, 0.2) is 54.9 Å². The highest BCUT2D eigenvalue weighted by atomic mass is 19.1. The Labute approximate surface area is 156 Å². The molecule has 1 N–H and O–H groups in total. The van der Waals surface area contributed by atoms with Crippen LogP contribution in [0, 0.1) is 5.82 Å². The molecule has 6 nitrogen and oxygen atoms in total. The molecule has 3 aromatic rings. The predicted molar refractivity (Wildman–Crippen MR) is 99.5 cm³/mol. The molecule has 1 aliphatic heterocycles. The van der Waals surface area contributed by atoms with E-state index in [-0.39, 0.29) is 17.8 Å². The van der Waals surface area contributed by atoms with E-state index in [2.05, 4.69) is 20.1 Å². The Morgan fingerprint density at radius 3 is 2.81 bits per heavy atom. The predicted octanol–water partition coefficient (Wildman–Crippen LogP) is 2.74. The Balaban J connectivity index is 1.53. The number of rotatable bonds is 3. The highest BCUT2D eigenvalue weighted by molar-refractivity contribution is 5.92. The minimum absolute atomic E-state index is 0.0464. The van der Waals surface area contributed by atoms with E-state index < -0.39 is 0 Å². The minimum Gasteiger partial charge on any atom is -0.334 e. The number of amides is 1. The molecular weight excluding hydrogens is 345 g/mol. The maximum absolute atomic E-state index is 13.4. The lowest BCUT2D eigenvalue weighted by Crippen LogP contribution is -2.49. The Hall–Kier alpha value is -3.06. The van der Waals surface area contributed by atoms with Crippen molar-refractivity contribution in [3.63, 3.8) is 0 Å². The van der Waals surface area contributed by atoms with E-state index in [0.717, 1.165) is 23.4 Å². The summed E-state index contributed by atoms with van der Waals surface area (Å²) in [6.45, 7) is 2.02. The van der Waals surface area contributed by atoms with E-state index in [9.17, 15) is 9.18 Å². The van der Waals surface area contributed by atoms with Gasteiger partial charge in [-0.2, -0.15) is 5.10 Å². The number of likely N-dealkylation sites (N-methyl/N-ethyl adjacent to an activating group) is 1. The third kappa shape index (κ3) is 3.59. The lowest BCUT2D eigenvalue weighted by Gasteiger charge is -2.39. The zero-order valence-electron chi connectivity index (χ0n) is 15.0. The zero-order chi connectivity index (χ0) is 18.8. The molecule has 1 atom stereocenters. The molecule has 7 heteroatoms. The Morgan fingerprint density at radius 2 is 2.11 bits per heavy atom. The third-order valence-electron chi connectivity index (χ3n) is 4.96. The first kappa shape index (κ1) is 17.4. The number of carbonyl (C=O) groups is 1. The van der Waals surface area contributed by atoms with Crippen molar-refractivity contribution in [1.82, 2.24) is 25.0 Å². The summed E-state index contributed by atoms with van der Waals surface area (Å²) >= 11 is 0. The van der Waals surface area contributed by atoms with Crippen LogP contribution in [0.2, 0.25) is 0 Å². The lowest BCUT2D eigenvalue weighted by molar-refractivity contribution is 0.0540. The van der Waals surface area contributed by atoms with Crippen LogP contribution < -0.4 is 0 Å². The smallest absolute Gasteiger partial charge is 0.271 e. The molecule has 1 unspecified atom stereocenters. The van der Waals surface area contributed by atoms with Gasteiger partial charge in [-0.1, -0.05) is 18.2 Å². The summed E-state index contributed by atoms with van der Waals surface area (Å²) in [5.41, 5.74) is 2.99. The van der Waals surface area contributed by atoms with Crippen molar-refractivity contribution in [2.45, 2.75) is 6.04 Å². The molecule has 0 spiro atoms. The number of pyridine rings is 1. The minimum atomic E-state index is -0.279. The standard InChI is InChI=1S/C20H20FN5O/c1-25-9-10-26(20(27)18-7-8-23-24-18)13-19(25)15-5-6-17(22-12-15)14-3-2-4-16(21)11-14/h2-8,11-12,19H,9-10,13H2,1H3,(H,23,24). The van der Waals surface area contributed by atoms with E-state index in [1.54, 1.807) is 18.3 Å². The van der Waals surface area contributed by atoms with Gasteiger partial charge in [-0.15, -0.1) is 0 Å². The highest BCUT2D eigenvalue weighted by Crippen LogP contribution is 2.26. The quantitative estimate of drug-likeness (QED) is 0.775. The average Bonchev–Trinajstić information content (AvgIpc) is 3.23. The Bertz CT molecular complexity index is 926. The normalized spacial score (nSPS) is 17.9. The molecule has 1 aromatic carbocycles. The summed E-state index contributed by atoms with van der Waals surface area (Å²) in [5, 5.41) is 6.59. The molecule has 0 radical (unpaired) electrons. The molecule has 4 rings (SSSR count). The van der Waals surface area contributed by atoms with Crippen molar-refractivity contribution in [2.24, 2.45) is 0 Å². The molecule has 138 valence electrons. The summed E-state index contributed by atoms with van der Waals surface area (Å²) in [6, 6.07) is 12.0. The number of nitrogens with zero attached hydrogens (tertiary/aromatic N) is 4. The number of aromatic nitrogens is 3. The Morgan fingerprint density at radius 1 is 1.22 bits per heavy atom. The number of H-pyrrole nitrogens is 1. The molecule has 0 bridgehead atoms. The molecule has 1 amide bonds. The van der Waals surface area contributed by atoms with Crippen LogP contribution in [-0.2, 0) is 0 Å². The number of hydrogen-bond donors (Lipinski definition) is 1. The number of piperazine rings is 1. The van der Waals surface area contributed by atoms with Gasteiger partial charge in [0, 0.05) is 37.6 Å². The number of halogens is 1. The third-order valence-corrected chi connectivity index (χ3v) is 4.96. The fourth-order valence-corrected chi connectivity index (χ4v) is 3.38. The van der Waals surface area contributed by atoms with Crippen molar-refractivity contribution < 1.29 is 9.18 Å². The van der Waals surface area contributed by atoms with Crippen LogP contribution in [0.5, 0.6) is 0 Å². The highest BCUT2D eigenvalue weighted by Gasteiger charge is 2.29. The van der Waals surface area contributed by atoms with E-state index in [4.69, 9.17) is 0 Å². The van der Waals surface area contributed by atoms with Crippen LogP contribution >= 0.6 is 0 Å². The first-order valence-corrected chi connectivity index (χ1v) is 8.82. The number of aromatic amines is 1. The van der Waals surface area contributed by atoms with E-state index in [1.807, 2.05) is 36.3 Å².